The van der Waals surface area contributed by atoms with E-state index in [4.69, 9.17) is 18.5 Å². The molecule has 0 heterocycles. The van der Waals surface area contributed by atoms with Gasteiger partial charge in [0.1, 0.15) is 43.2 Å². The number of aliphatic hydroxyl groups is 7. The normalized spacial score (nSPS) is 23.2. The van der Waals surface area contributed by atoms with Crippen molar-refractivity contribution in [3.63, 3.8) is 0 Å². The lowest BCUT2D eigenvalue weighted by Gasteiger charge is -2.43. The molecular formula is C49H80O19P2. The maximum absolute atomic E-state index is 13.0. The number of carbonyl (C=O) groups is 2. The lowest BCUT2D eigenvalue weighted by atomic mass is 9.85. The molecule has 0 aromatic heterocycles. The number of esters is 2. The average molecular weight is 1040 g/mol. The quantitative estimate of drug-likeness (QED) is 0.0110. The van der Waals surface area contributed by atoms with Gasteiger partial charge in [-0.05, 0) is 70.6 Å². The molecular weight excluding hydrogens is 954 g/mol. The Labute approximate surface area is 413 Å². The molecule has 0 aromatic carbocycles. The van der Waals surface area contributed by atoms with Gasteiger partial charge in [-0.2, -0.15) is 0 Å². The van der Waals surface area contributed by atoms with E-state index in [0.29, 0.717) is 12.8 Å². The van der Waals surface area contributed by atoms with Crippen LogP contribution in [0, 0.1) is 0 Å². The van der Waals surface area contributed by atoms with Crippen LogP contribution in [-0.4, -0.2) is 137 Å². The monoisotopic (exact) mass is 1030 g/mol. The first kappa shape index (κ1) is 64.8. The molecule has 0 radical (unpaired) electrons. The van der Waals surface area contributed by atoms with Crippen molar-refractivity contribution in [1.29, 1.82) is 0 Å². The Kier molecular flexibility index (Phi) is 35.6. The van der Waals surface area contributed by atoms with Gasteiger partial charge in [0, 0.05) is 12.8 Å². The zero-order chi connectivity index (χ0) is 52.2. The summed E-state index contributed by atoms with van der Waals surface area (Å²) in [5, 5.41) is 71.9. The molecule has 1 fully saturated rings. The molecule has 0 aromatic rings. The largest absolute Gasteiger partial charge is 0.472 e. The fourth-order valence-electron chi connectivity index (χ4n) is 6.61. The van der Waals surface area contributed by atoms with E-state index in [2.05, 4.69) is 47.9 Å². The number of hydrogen-bond acceptors (Lipinski definition) is 16. The van der Waals surface area contributed by atoms with Crippen molar-refractivity contribution >= 4 is 27.6 Å². The molecule has 0 saturated heterocycles. The molecule has 0 bridgehead atoms. The molecule has 11 atom stereocenters. The SMILES string of the molecule is CC/C=C\C[C@H](O)/C=C/C=C/C=C\C=C/[C@@H](O)[C@H](O)CCCC(=O)O[C@H](COC(=O)CCCCCC/C=C\C/C=C\C/C=C\CCCCC)COP(=O)(O)O[C@H]1C(O)C(O)C(O)[C@@H](OP(=O)(O)O)C1O. The maximum Gasteiger partial charge on any atom is 0.472 e. The summed E-state index contributed by atoms with van der Waals surface area (Å²) in [5.41, 5.74) is 0. The highest BCUT2D eigenvalue weighted by molar-refractivity contribution is 7.47. The van der Waals surface area contributed by atoms with Crippen LogP contribution in [0.2, 0.25) is 0 Å². The van der Waals surface area contributed by atoms with E-state index in [1.165, 1.54) is 31.4 Å². The molecule has 21 heteroatoms. The first-order valence-electron chi connectivity index (χ1n) is 24.1. The van der Waals surface area contributed by atoms with Gasteiger partial charge < -0.3 is 59.9 Å². The minimum Gasteiger partial charge on any atom is -0.462 e. The second kappa shape index (κ2) is 38.4. The number of rotatable bonds is 38. The van der Waals surface area contributed by atoms with E-state index >= 15 is 0 Å². The number of hydrogen-bond donors (Lipinski definition) is 10. The standard InChI is InChI=1S/C49H80O19P2/c1-3-5-7-8-9-10-11-12-13-14-15-16-17-18-19-24-28-34-42(53)64-36-39(37-65-70(62,63)68-49-46(57)44(55)45(56)48(47(49)58)67-69(59,60)61)66-43(54)35-29-33-41(52)40(51)32-27-23-21-20-22-26-31-38(50)30-25-6-4-2/h6,9-10,12-13,15-16,20-23,25-27,31-32,38-41,44-52,55-58H,3-5,7-8,11,14,17-19,24,28-30,33-37H2,1-2H3,(H,62,63)(H2,59,60,61)/b10-9-,13-12-,16-15-,22-20+,23-21-,25-6-,31-26+,32-27-/t38-,39+,40+,41+,44?,45?,46?,47?,48+,49-/m0/s1. The van der Waals surface area contributed by atoms with Crippen LogP contribution >= 0.6 is 15.6 Å². The Bertz CT molecular complexity index is 1770. The molecule has 0 spiro atoms. The topological polar surface area (TPSA) is 317 Å². The second-order valence-electron chi connectivity index (χ2n) is 16.7. The van der Waals surface area contributed by atoms with Crippen LogP contribution in [0.25, 0.3) is 0 Å². The number of phosphoric acid groups is 2. The molecule has 1 rings (SSSR count). The van der Waals surface area contributed by atoms with Crippen LogP contribution in [0.1, 0.15) is 123 Å². The molecule has 1 saturated carbocycles. The van der Waals surface area contributed by atoms with Gasteiger partial charge in [-0.3, -0.25) is 23.2 Å². The van der Waals surface area contributed by atoms with E-state index in [1.807, 2.05) is 19.1 Å². The molecule has 0 amide bonds. The molecule has 1 aliphatic rings. The summed E-state index contributed by atoms with van der Waals surface area (Å²) in [6, 6.07) is 0. The van der Waals surface area contributed by atoms with E-state index in [9.17, 15) is 69.1 Å². The molecule has 70 heavy (non-hydrogen) atoms. The third-order valence-corrected chi connectivity index (χ3v) is 12.0. The first-order chi connectivity index (χ1) is 33.3. The summed E-state index contributed by atoms with van der Waals surface area (Å²) in [4.78, 5) is 54.4. The predicted octanol–water partition coefficient (Wildman–Crippen LogP) is 6.08. The molecule has 0 aliphatic heterocycles. The highest BCUT2D eigenvalue weighted by Gasteiger charge is 2.54. The number of carbonyl (C=O) groups excluding carboxylic acids is 2. The third-order valence-electron chi connectivity index (χ3n) is 10.5. The van der Waals surface area contributed by atoms with Crippen molar-refractivity contribution < 1.29 is 92.2 Å². The van der Waals surface area contributed by atoms with Gasteiger partial charge in [0.2, 0.25) is 0 Å². The Morgan fingerprint density at radius 3 is 1.76 bits per heavy atom. The number of phosphoric ester groups is 2. The lowest BCUT2D eigenvalue weighted by Crippen LogP contribution is -2.64. The van der Waals surface area contributed by atoms with Gasteiger partial charge in [0.05, 0.1) is 24.9 Å². The van der Waals surface area contributed by atoms with Crippen LogP contribution < -0.4 is 0 Å². The Hall–Kier alpha value is -3.20. The summed E-state index contributed by atoms with van der Waals surface area (Å²) in [6.07, 6.45) is 22.8. The van der Waals surface area contributed by atoms with Crippen molar-refractivity contribution in [2.45, 2.75) is 184 Å². The van der Waals surface area contributed by atoms with Gasteiger partial charge in [0.15, 0.2) is 6.10 Å². The highest BCUT2D eigenvalue weighted by Crippen LogP contribution is 2.49. The van der Waals surface area contributed by atoms with Crippen molar-refractivity contribution in [3.8, 4) is 0 Å². The minimum atomic E-state index is -5.42. The molecule has 1 aliphatic carbocycles. The average Bonchev–Trinajstić information content (AvgIpc) is 3.31. The summed E-state index contributed by atoms with van der Waals surface area (Å²) in [5.74, 6) is -1.57. The Balaban J connectivity index is 2.76. The van der Waals surface area contributed by atoms with Crippen LogP contribution in [0.4, 0.5) is 0 Å². The summed E-state index contributed by atoms with van der Waals surface area (Å²) < 4.78 is 49.1. The van der Waals surface area contributed by atoms with Gasteiger partial charge in [-0.25, -0.2) is 9.13 Å². The van der Waals surface area contributed by atoms with E-state index < -0.39 is 102 Å². The minimum absolute atomic E-state index is 0.0122. The fourth-order valence-corrected chi connectivity index (χ4v) is 8.15. The molecule has 10 N–H and O–H groups in total. The van der Waals surface area contributed by atoms with Crippen molar-refractivity contribution in [2.75, 3.05) is 13.2 Å². The van der Waals surface area contributed by atoms with Crippen molar-refractivity contribution in [3.05, 3.63) is 97.2 Å². The van der Waals surface area contributed by atoms with Gasteiger partial charge in [0.25, 0.3) is 0 Å². The van der Waals surface area contributed by atoms with Crippen molar-refractivity contribution in [2.24, 2.45) is 0 Å². The zero-order valence-electron chi connectivity index (χ0n) is 40.5. The van der Waals surface area contributed by atoms with Crippen LogP contribution in [0.5, 0.6) is 0 Å². The zero-order valence-corrected chi connectivity index (χ0v) is 42.3. The van der Waals surface area contributed by atoms with Crippen LogP contribution in [0.15, 0.2) is 97.2 Å². The molecule has 400 valence electrons. The van der Waals surface area contributed by atoms with E-state index in [1.54, 1.807) is 36.5 Å². The predicted molar refractivity (Wildman–Crippen MR) is 263 cm³/mol. The lowest BCUT2D eigenvalue weighted by molar-refractivity contribution is -0.216. The number of allylic oxidation sites excluding steroid dienone is 13. The van der Waals surface area contributed by atoms with Crippen LogP contribution in [-0.2, 0) is 41.8 Å². The number of unbranched alkanes of at least 4 members (excludes halogenated alkanes) is 7. The third kappa shape index (κ3) is 32.0. The first-order valence-corrected chi connectivity index (χ1v) is 27.1. The second-order valence-corrected chi connectivity index (χ2v) is 19.3. The summed E-state index contributed by atoms with van der Waals surface area (Å²) >= 11 is 0. The van der Waals surface area contributed by atoms with Gasteiger partial charge in [-0.15, -0.1) is 0 Å². The number of aliphatic hydroxyl groups excluding tert-OH is 7. The van der Waals surface area contributed by atoms with Gasteiger partial charge >= 0.3 is 27.6 Å². The smallest absolute Gasteiger partial charge is 0.462 e. The summed E-state index contributed by atoms with van der Waals surface area (Å²) in [7, 11) is -10.8. The molecule has 19 nitrogen and oxygen atoms in total. The Morgan fingerprint density at radius 1 is 0.586 bits per heavy atom. The van der Waals surface area contributed by atoms with E-state index in [-0.39, 0.29) is 25.7 Å². The number of ether oxygens (including phenoxy) is 2. The molecule has 5 unspecified atom stereocenters. The van der Waals surface area contributed by atoms with Gasteiger partial charge in [-0.1, -0.05) is 137 Å². The van der Waals surface area contributed by atoms with Crippen molar-refractivity contribution in [1.82, 2.24) is 0 Å². The van der Waals surface area contributed by atoms with E-state index in [0.717, 1.165) is 51.4 Å². The Morgan fingerprint density at radius 2 is 1.14 bits per heavy atom. The fraction of sp³-hybridized carbons (Fsp3) is 0.633. The highest BCUT2D eigenvalue weighted by atomic mass is 31.2. The maximum atomic E-state index is 13.0. The van der Waals surface area contributed by atoms with Crippen LogP contribution in [0.3, 0.4) is 0 Å². The summed E-state index contributed by atoms with van der Waals surface area (Å²) in [6.45, 7) is 2.57.